The van der Waals surface area contributed by atoms with E-state index in [0.29, 0.717) is 43.9 Å². The molecule has 0 spiro atoms. The number of hydrogen-bond acceptors (Lipinski definition) is 10. The lowest BCUT2D eigenvalue weighted by molar-refractivity contribution is 0.0136. The van der Waals surface area contributed by atoms with E-state index in [1.807, 2.05) is 0 Å². The largest absolute Gasteiger partial charge is 0.506 e. The molecular weight excluding hydrogens is 545 g/mol. The van der Waals surface area contributed by atoms with Crippen LogP contribution in [0.25, 0.3) is 5.69 Å². The molecule has 0 saturated carbocycles. The third-order valence-electron chi connectivity index (χ3n) is 7.60. The van der Waals surface area contributed by atoms with Gasteiger partial charge < -0.3 is 30.4 Å². The Morgan fingerprint density at radius 2 is 1.57 bits per heavy atom. The minimum atomic E-state index is -4.39. The summed E-state index contributed by atoms with van der Waals surface area (Å²) in [5.74, 6) is -1.33. The summed E-state index contributed by atoms with van der Waals surface area (Å²) in [5, 5.41) is 52.3. The molecule has 0 radical (unpaired) electrons. The number of aryl methyl sites for hydroxylation is 1. The highest BCUT2D eigenvalue weighted by molar-refractivity contribution is 7.86. The molecule has 13 heteroatoms. The highest BCUT2D eigenvalue weighted by Crippen LogP contribution is 2.43. The number of halogens is 1. The lowest BCUT2D eigenvalue weighted by Crippen LogP contribution is -2.47. The van der Waals surface area contributed by atoms with Crippen molar-refractivity contribution in [3.05, 3.63) is 58.9 Å². The second-order valence-corrected chi connectivity index (χ2v) is 11.6. The molecule has 1 aliphatic carbocycles. The Hall–Kier alpha value is -3.36. The number of aromatic nitrogens is 1. The van der Waals surface area contributed by atoms with E-state index < -0.39 is 39.9 Å². The number of phenols is 1. The number of aromatic hydroxyl groups is 3. The Labute approximate surface area is 231 Å². The molecule has 2 heterocycles. The third kappa shape index (κ3) is 5.10. The van der Waals surface area contributed by atoms with Gasteiger partial charge in [-0.3, -0.25) is 9.08 Å². The number of rotatable bonds is 7. The van der Waals surface area contributed by atoms with Gasteiger partial charge in [-0.25, -0.2) is 8.96 Å². The number of nitrogens with zero attached hydrogens (tertiary/aromatic N) is 3. The molecule has 3 aromatic rings. The van der Waals surface area contributed by atoms with Gasteiger partial charge >= 0.3 is 0 Å². The number of piperazine rings is 1. The van der Waals surface area contributed by atoms with Crippen molar-refractivity contribution < 1.29 is 42.5 Å². The molecule has 40 heavy (non-hydrogen) atoms. The van der Waals surface area contributed by atoms with Crippen molar-refractivity contribution in [2.75, 3.05) is 37.8 Å². The van der Waals surface area contributed by atoms with Crippen molar-refractivity contribution in [3.63, 3.8) is 0 Å². The van der Waals surface area contributed by atoms with Gasteiger partial charge in [-0.15, -0.1) is 0 Å². The number of hydrogen-bond donors (Lipinski definition) is 5. The molecule has 5 N–H and O–H groups in total. The average molecular weight is 578 g/mol. The van der Waals surface area contributed by atoms with Gasteiger partial charge in [0.15, 0.2) is 0 Å². The van der Waals surface area contributed by atoms with Crippen LogP contribution < -0.4 is 4.90 Å². The predicted molar refractivity (Wildman–Crippen MR) is 143 cm³/mol. The van der Waals surface area contributed by atoms with Crippen molar-refractivity contribution in [2.24, 2.45) is 0 Å². The van der Waals surface area contributed by atoms with Crippen LogP contribution in [0.4, 0.5) is 10.1 Å². The van der Waals surface area contributed by atoms with Gasteiger partial charge in [0.25, 0.3) is 10.1 Å². The lowest BCUT2D eigenvalue weighted by Gasteiger charge is -2.35. The van der Waals surface area contributed by atoms with Crippen LogP contribution in [-0.4, -0.2) is 88.5 Å². The van der Waals surface area contributed by atoms with Crippen LogP contribution in [0.3, 0.4) is 0 Å². The number of benzene rings is 2. The number of aliphatic hydroxyl groups is 2. The summed E-state index contributed by atoms with van der Waals surface area (Å²) in [4.78, 5) is 3.31. The van der Waals surface area contributed by atoms with E-state index in [-0.39, 0.29) is 47.0 Å². The monoisotopic (exact) mass is 577 g/mol. The molecule has 1 aliphatic heterocycles. The smallest absolute Gasteiger partial charge is 0.300 e. The second-order valence-electron chi connectivity index (χ2n) is 10.0. The Bertz CT molecular complexity index is 1480. The minimum absolute atomic E-state index is 0.0322. The molecule has 2 aliphatic rings. The fraction of sp³-hybridized carbons (Fsp3) is 0.407. The number of phenolic OH excluding ortho intramolecular Hbond substituents is 1. The molecule has 5 rings (SSSR count). The number of anilines is 1. The normalized spacial score (nSPS) is 20.1. The molecule has 2 aromatic carbocycles. The van der Waals surface area contributed by atoms with Crippen molar-refractivity contribution in [3.8, 4) is 23.2 Å². The van der Waals surface area contributed by atoms with Crippen LogP contribution >= 0.6 is 0 Å². The maximum absolute atomic E-state index is 13.7. The van der Waals surface area contributed by atoms with E-state index >= 15 is 0 Å². The number of fused-ring (bicyclic) bond motifs is 1. The zero-order valence-corrected chi connectivity index (χ0v) is 22.7. The van der Waals surface area contributed by atoms with E-state index in [0.717, 1.165) is 4.57 Å². The standard InChI is InChI=1S/C27H32FN3O8S/c1-2-16-4-3-5-24(25(16)31-26(35)18-13-22(33)23(34)14-19(18)27(31)36)40(37,38)39-15-29-8-10-30(11-9-29)20-12-17(28)6-7-21(20)32/h3-7,12,22-23,32-36H,2,8-11,13-15H2,1H3. The highest BCUT2D eigenvalue weighted by Gasteiger charge is 2.36. The first-order valence-electron chi connectivity index (χ1n) is 13.0. The molecule has 0 bridgehead atoms. The van der Waals surface area contributed by atoms with Gasteiger partial charge in [-0.05, 0) is 30.2 Å². The Morgan fingerprint density at radius 1 is 0.950 bits per heavy atom. The number of para-hydroxylation sites is 1. The van der Waals surface area contributed by atoms with Crippen LogP contribution in [0.2, 0.25) is 0 Å². The van der Waals surface area contributed by atoms with E-state index in [1.54, 1.807) is 28.9 Å². The average Bonchev–Trinajstić information content (AvgIpc) is 3.17. The molecule has 11 nitrogen and oxygen atoms in total. The van der Waals surface area contributed by atoms with E-state index in [2.05, 4.69) is 0 Å². The first-order chi connectivity index (χ1) is 19.0. The highest BCUT2D eigenvalue weighted by atomic mass is 32.2. The van der Waals surface area contributed by atoms with Crippen molar-refractivity contribution in [1.82, 2.24) is 9.47 Å². The SMILES string of the molecule is CCc1cccc(S(=O)(=O)OCN2CCN(c3cc(F)ccc3O)CC2)c1-n1c(O)c2c(c1O)CC(O)C(O)C2. The van der Waals surface area contributed by atoms with Crippen LogP contribution in [-0.2, 0) is 33.6 Å². The number of aliphatic hydroxyl groups excluding tert-OH is 2. The summed E-state index contributed by atoms with van der Waals surface area (Å²) in [6.07, 6.45) is -2.09. The molecular formula is C27H32FN3O8S. The molecule has 2 atom stereocenters. The molecule has 0 amide bonds. The molecule has 216 valence electrons. The maximum Gasteiger partial charge on any atom is 0.300 e. The summed E-state index contributed by atoms with van der Waals surface area (Å²) in [7, 11) is -4.39. The second kappa shape index (κ2) is 10.9. The fourth-order valence-electron chi connectivity index (χ4n) is 5.36. The molecule has 1 saturated heterocycles. The molecule has 2 unspecified atom stereocenters. The van der Waals surface area contributed by atoms with Gasteiger partial charge in [-0.2, -0.15) is 8.42 Å². The first kappa shape index (κ1) is 28.2. The summed E-state index contributed by atoms with van der Waals surface area (Å²) in [6, 6.07) is 8.26. The summed E-state index contributed by atoms with van der Waals surface area (Å²) in [5.41, 5.74) is 1.40. The van der Waals surface area contributed by atoms with Crippen molar-refractivity contribution in [1.29, 1.82) is 0 Å². The van der Waals surface area contributed by atoms with Gasteiger partial charge in [-0.1, -0.05) is 19.1 Å². The Balaban J connectivity index is 1.38. The predicted octanol–water partition coefficient (Wildman–Crippen LogP) is 1.60. The molecule has 1 aromatic heterocycles. The zero-order chi connectivity index (χ0) is 28.8. The summed E-state index contributed by atoms with van der Waals surface area (Å²) in [6.45, 7) is 3.14. The van der Waals surface area contributed by atoms with Crippen LogP contribution in [0.15, 0.2) is 41.3 Å². The van der Waals surface area contributed by atoms with Crippen LogP contribution in [0.5, 0.6) is 17.5 Å². The lowest BCUT2D eigenvalue weighted by atomic mass is 9.90. The van der Waals surface area contributed by atoms with Gasteiger partial charge in [0.05, 0.1) is 23.6 Å². The fourth-order valence-corrected chi connectivity index (χ4v) is 6.47. The maximum atomic E-state index is 13.7. The third-order valence-corrected chi connectivity index (χ3v) is 8.88. The van der Waals surface area contributed by atoms with Crippen LogP contribution in [0.1, 0.15) is 23.6 Å². The first-order valence-corrected chi connectivity index (χ1v) is 14.4. The van der Waals surface area contributed by atoms with E-state index in [4.69, 9.17) is 4.18 Å². The Kier molecular flexibility index (Phi) is 7.68. The van der Waals surface area contributed by atoms with Crippen molar-refractivity contribution >= 4 is 15.8 Å². The minimum Gasteiger partial charge on any atom is -0.506 e. The van der Waals surface area contributed by atoms with Gasteiger partial charge in [0, 0.05) is 56.2 Å². The van der Waals surface area contributed by atoms with E-state index in [1.165, 1.54) is 24.3 Å². The quantitative estimate of drug-likeness (QED) is 0.262. The molecule has 1 fully saturated rings. The zero-order valence-electron chi connectivity index (χ0n) is 21.9. The van der Waals surface area contributed by atoms with Crippen molar-refractivity contribution in [2.45, 2.75) is 43.3 Å². The van der Waals surface area contributed by atoms with Crippen LogP contribution in [0, 0.1) is 5.82 Å². The summed E-state index contributed by atoms with van der Waals surface area (Å²) >= 11 is 0. The topological polar surface area (TPSA) is 156 Å². The summed E-state index contributed by atoms with van der Waals surface area (Å²) < 4.78 is 47.1. The van der Waals surface area contributed by atoms with E-state index in [9.17, 15) is 38.3 Å². The van der Waals surface area contributed by atoms with Gasteiger partial charge in [0.2, 0.25) is 11.8 Å². The van der Waals surface area contributed by atoms with Gasteiger partial charge in [0.1, 0.15) is 23.2 Å². The Morgan fingerprint density at radius 3 is 2.17 bits per heavy atom.